The van der Waals surface area contributed by atoms with Crippen molar-refractivity contribution in [2.75, 3.05) is 41.0 Å². The first-order valence-electron chi connectivity index (χ1n) is 23.7. The minimum Gasteiger partial charge on any atom is -0.544 e. The first kappa shape index (κ1) is 54.1. The number of allylic oxidation sites excluding steroid dienone is 2. The van der Waals surface area contributed by atoms with E-state index >= 15 is 0 Å². The Hall–Kier alpha value is -1.93. The third-order valence-electron chi connectivity index (χ3n) is 10.9. The number of hydrogen-bond acceptors (Lipinski definition) is 7. The monoisotopic (exact) mass is 794 g/mol. The van der Waals surface area contributed by atoms with Gasteiger partial charge in [0.2, 0.25) is 0 Å². The number of rotatable bonds is 43. The molecule has 0 heterocycles. The Kier molecular flexibility index (Phi) is 38.5. The largest absolute Gasteiger partial charge is 0.544 e. The molecule has 0 rings (SSSR count). The van der Waals surface area contributed by atoms with Gasteiger partial charge in [0.25, 0.3) is 0 Å². The molecule has 0 N–H and O–H groups in total. The first-order valence-corrected chi connectivity index (χ1v) is 23.7. The van der Waals surface area contributed by atoms with Gasteiger partial charge in [0.15, 0.2) is 6.10 Å². The minimum atomic E-state index is -1.12. The number of ether oxygens (including phenoxy) is 3. The zero-order valence-electron chi connectivity index (χ0n) is 37.6. The molecular formula is C48H91NO7. The van der Waals surface area contributed by atoms with E-state index in [2.05, 4.69) is 26.0 Å². The second kappa shape index (κ2) is 39.9. The van der Waals surface area contributed by atoms with E-state index in [4.69, 9.17) is 14.2 Å². The smallest absolute Gasteiger partial charge is 0.306 e. The molecule has 8 heteroatoms. The lowest BCUT2D eigenvalue weighted by Crippen LogP contribution is -2.55. The van der Waals surface area contributed by atoms with E-state index in [1.165, 1.54) is 141 Å². The average Bonchev–Trinajstić information content (AvgIpc) is 3.15. The van der Waals surface area contributed by atoms with Crippen molar-refractivity contribution in [2.24, 2.45) is 0 Å². The number of carboxylic acids is 1. The number of carbonyl (C=O) groups is 3. The molecule has 0 radical (unpaired) electrons. The molecule has 0 aliphatic rings. The average molecular weight is 794 g/mol. The van der Waals surface area contributed by atoms with Crippen LogP contribution in [0.3, 0.4) is 0 Å². The van der Waals surface area contributed by atoms with Crippen LogP contribution in [0.5, 0.6) is 0 Å². The summed E-state index contributed by atoms with van der Waals surface area (Å²) in [6.45, 7) is 4.66. The first-order chi connectivity index (χ1) is 27.1. The fourth-order valence-electron chi connectivity index (χ4n) is 7.18. The molecule has 0 aliphatic carbocycles. The number of esters is 2. The zero-order chi connectivity index (χ0) is 41.4. The molecule has 0 spiro atoms. The number of aliphatic carboxylic acids is 1. The Balaban J connectivity index is 4.20. The van der Waals surface area contributed by atoms with Crippen molar-refractivity contribution in [3.8, 4) is 0 Å². The van der Waals surface area contributed by atoms with Gasteiger partial charge in [-0.2, -0.15) is 0 Å². The Bertz CT molecular complexity index is 931. The third-order valence-corrected chi connectivity index (χ3v) is 10.9. The predicted octanol–water partition coefficient (Wildman–Crippen LogP) is 11.8. The number of carbonyl (C=O) groups excluding carboxylic acids is 3. The standard InChI is InChI=1S/C48H91NO7/c1-6-8-10-12-14-16-18-20-21-22-23-24-25-26-27-29-30-32-34-36-38-46(50)55-43-44(42-54-41-40-45(48(52)53)49(3,4)5)56-47(51)39-37-35-33-31-28-19-17-15-13-11-9-7-2/h15,17,44-45H,6-14,16,18-43H2,1-5H3/b17-15+. The van der Waals surface area contributed by atoms with Crippen LogP contribution >= 0.6 is 0 Å². The zero-order valence-corrected chi connectivity index (χ0v) is 37.6. The highest BCUT2D eigenvalue weighted by molar-refractivity contribution is 5.70. The van der Waals surface area contributed by atoms with Gasteiger partial charge in [-0.25, -0.2) is 0 Å². The fraction of sp³-hybridized carbons (Fsp3) is 0.896. The van der Waals surface area contributed by atoms with E-state index < -0.39 is 18.1 Å². The summed E-state index contributed by atoms with van der Waals surface area (Å²) in [6.07, 6.45) is 42.4. The molecule has 0 fully saturated rings. The second-order valence-corrected chi connectivity index (χ2v) is 17.4. The summed E-state index contributed by atoms with van der Waals surface area (Å²) in [5, 5.41) is 11.6. The van der Waals surface area contributed by atoms with Crippen LogP contribution in [0.2, 0.25) is 0 Å². The molecule has 2 atom stereocenters. The van der Waals surface area contributed by atoms with Crippen molar-refractivity contribution in [3.05, 3.63) is 12.2 Å². The maximum atomic E-state index is 12.7. The number of unbranched alkanes of at least 4 members (excludes halogenated alkanes) is 27. The summed E-state index contributed by atoms with van der Waals surface area (Å²) in [4.78, 5) is 36.9. The number of likely N-dealkylation sites (N-methyl/N-ethyl adjacent to an activating group) is 1. The quantitative estimate of drug-likeness (QED) is 0.0262. The van der Waals surface area contributed by atoms with Gasteiger partial charge >= 0.3 is 11.9 Å². The van der Waals surface area contributed by atoms with Crippen molar-refractivity contribution in [1.82, 2.24) is 0 Å². The van der Waals surface area contributed by atoms with Gasteiger partial charge in [0.1, 0.15) is 12.6 Å². The number of hydrogen-bond donors (Lipinski definition) is 0. The van der Waals surface area contributed by atoms with E-state index in [1.807, 2.05) is 0 Å². The molecule has 0 aliphatic heterocycles. The predicted molar refractivity (Wildman–Crippen MR) is 231 cm³/mol. The molecule has 56 heavy (non-hydrogen) atoms. The third kappa shape index (κ3) is 37.6. The van der Waals surface area contributed by atoms with Crippen LogP contribution in [0, 0.1) is 0 Å². The van der Waals surface area contributed by atoms with Crippen LogP contribution in [0.1, 0.15) is 226 Å². The van der Waals surface area contributed by atoms with E-state index in [9.17, 15) is 19.5 Å². The Labute approximate surface area is 346 Å². The van der Waals surface area contributed by atoms with Gasteiger partial charge in [-0.3, -0.25) is 9.59 Å². The van der Waals surface area contributed by atoms with Gasteiger partial charge in [0, 0.05) is 19.3 Å². The molecule has 0 aromatic carbocycles. The highest BCUT2D eigenvalue weighted by Crippen LogP contribution is 2.16. The molecular weight excluding hydrogens is 703 g/mol. The summed E-state index contributed by atoms with van der Waals surface area (Å²) in [7, 11) is 5.41. The molecule has 0 bridgehead atoms. The number of nitrogens with zero attached hydrogens (tertiary/aromatic N) is 1. The van der Waals surface area contributed by atoms with Crippen LogP contribution in [-0.2, 0) is 28.6 Å². The lowest BCUT2D eigenvalue weighted by molar-refractivity contribution is -0.889. The maximum absolute atomic E-state index is 12.7. The van der Waals surface area contributed by atoms with E-state index in [0.717, 1.165) is 51.4 Å². The lowest BCUT2D eigenvalue weighted by Gasteiger charge is -2.34. The number of carboxylic acid groups (broad SMARTS) is 1. The summed E-state index contributed by atoms with van der Waals surface area (Å²) >= 11 is 0. The van der Waals surface area contributed by atoms with Crippen LogP contribution in [0.25, 0.3) is 0 Å². The van der Waals surface area contributed by atoms with Crippen molar-refractivity contribution in [1.29, 1.82) is 0 Å². The van der Waals surface area contributed by atoms with Crippen LogP contribution < -0.4 is 5.11 Å². The normalized spacial score (nSPS) is 12.9. The van der Waals surface area contributed by atoms with Crippen LogP contribution in [0.4, 0.5) is 0 Å². The van der Waals surface area contributed by atoms with Gasteiger partial charge in [0.05, 0.1) is 40.3 Å². The number of quaternary nitrogens is 1. The summed E-state index contributed by atoms with van der Waals surface area (Å²) in [6, 6.07) is -0.722. The van der Waals surface area contributed by atoms with Gasteiger partial charge in [-0.1, -0.05) is 180 Å². The molecule has 0 saturated heterocycles. The summed E-state index contributed by atoms with van der Waals surface area (Å²) in [5.74, 6) is -1.73. The molecule has 2 unspecified atom stereocenters. The molecule has 0 saturated carbocycles. The van der Waals surface area contributed by atoms with Gasteiger partial charge in [-0.15, -0.1) is 0 Å². The molecule has 8 nitrogen and oxygen atoms in total. The highest BCUT2D eigenvalue weighted by Gasteiger charge is 2.25. The topological polar surface area (TPSA) is 102 Å². The van der Waals surface area contributed by atoms with Crippen LogP contribution in [-0.4, -0.2) is 75.5 Å². The van der Waals surface area contributed by atoms with Gasteiger partial charge < -0.3 is 28.6 Å². The summed E-state index contributed by atoms with van der Waals surface area (Å²) < 4.78 is 17.2. The Morgan fingerprint density at radius 2 is 0.893 bits per heavy atom. The van der Waals surface area contributed by atoms with Crippen molar-refractivity contribution >= 4 is 17.9 Å². The fourth-order valence-corrected chi connectivity index (χ4v) is 7.18. The Morgan fingerprint density at radius 3 is 1.32 bits per heavy atom. The van der Waals surface area contributed by atoms with Gasteiger partial charge in [-0.05, 0) is 38.5 Å². The SMILES string of the molecule is CCCCC/C=C/CCCCCCCC(=O)OC(COCCC(C(=O)[O-])[N+](C)(C)C)COC(=O)CCCCCCCCCCCCCCCCCCCCCC. The second-order valence-electron chi connectivity index (χ2n) is 17.4. The van der Waals surface area contributed by atoms with Crippen molar-refractivity contribution in [2.45, 2.75) is 238 Å². The maximum Gasteiger partial charge on any atom is 0.306 e. The van der Waals surface area contributed by atoms with E-state index in [1.54, 1.807) is 21.1 Å². The van der Waals surface area contributed by atoms with Crippen LogP contribution in [0.15, 0.2) is 12.2 Å². The van der Waals surface area contributed by atoms with E-state index in [-0.39, 0.29) is 42.7 Å². The minimum absolute atomic E-state index is 0.0429. The molecule has 0 amide bonds. The van der Waals surface area contributed by atoms with Crippen molar-refractivity contribution in [3.63, 3.8) is 0 Å². The highest BCUT2D eigenvalue weighted by atomic mass is 16.6. The molecule has 0 aromatic rings. The lowest BCUT2D eigenvalue weighted by atomic mass is 10.0. The summed E-state index contributed by atoms with van der Waals surface area (Å²) in [5.41, 5.74) is 0. The molecule has 330 valence electrons. The van der Waals surface area contributed by atoms with Crippen molar-refractivity contribution < 1.29 is 38.2 Å². The molecule has 0 aromatic heterocycles. The Morgan fingerprint density at radius 1 is 0.518 bits per heavy atom. The van der Waals surface area contributed by atoms with E-state index in [0.29, 0.717) is 12.8 Å².